The van der Waals surface area contributed by atoms with E-state index in [1.54, 1.807) is 30.1 Å². The molecule has 1 fully saturated rings. The Kier molecular flexibility index (Phi) is 5.98. The Bertz CT molecular complexity index is 490. The Morgan fingerprint density at radius 1 is 1.27 bits per heavy atom. The average Bonchev–Trinajstić information content (AvgIpc) is 2.42. The van der Waals surface area contributed by atoms with Gasteiger partial charge in [0, 0.05) is 39.3 Å². The molecule has 0 spiro atoms. The molecule has 1 aliphatic rings. The van der Waals surface area contributed by atoms with Crippen molar-refractivity contribution in [1.29, 1.82) is 5.26 Å². The van der Waals surface area contributed by atoms with Gasteiger partial charge in [0.05, 0.1) is 0 Å². The van der Waals surface area contributed by atoms with E-state index < -0.39 is 5.60 Å². The van der Waals surface area contributed by atoms with Gasteiger partial charge in [0.2, 0.25) is 0 Å². The van der Waals surface area contributed by atoms with Crippen molar-refractivity contribution in [3.05, 3.63) is 11.8 Å². The summed E-state index contributed by atoms with van der Waals surface area (Å²) in [7, 11) is 3.55. The lowest BCUT2D eigenvalue weighted by molar-refractivity contribution is -0.120. The lowest BCUT2D eigenvalue weighted by atomic mass is 9.89. The van der Waals surface area contributed by atoms with Gasteiger partial charge in [-0.1, -0.05) is 0 Å². The number of ketones is 1. The molecule has 122 valence electrons. The molecule has 0 atom stereocenters. The zero-order valence-corrected chi connectivity index (χ0v) is 14.0. The molecule has 0 saturated carbocycles. The van der Waals surface area contributed by atoms with Crippen LogP contribution in [-0.4, -0.2) is 54.5 Å². The minimum atomic E-state index is -0.522. The van der Waals surface area contributed by atoms with E-state index in [1.807, 2.05) is 26.8 Å². The van der Waals surface area contributed by atoms with Crippen molar-refractivity contribution >= 4 is 11.9 Å². The fourth-order valence-corrected chi connectivity index (χ4v) is 2.28. The summed E-state index contributed by atoms with van der Waals surface area (Å²) in [6.45, 7) is 6.43. The standard InChI is InChI=1S/C16H25N3O3/c1-16(2,3)22-15(21)19-8-6-12(7-9-19)14(20)13(10-17)11-18(4)5/h11-12H,6-9H2,1-5H3/b13-11+. The summed E-state index contributed by atoms with van der Waals surface area (Å²) in [5.74, 6) is -0.343. The van der Waals surface area contributed by atoms with Gasteiger partial charge in [-0.15, -0.1) is 0 Å². The first-order valence-corrected chi connectivity index (χ1v) is 7.44. The molecule has 0 aliphatic carbocycles. The average molecular weight is 307 g/mol. The summed E-state index contributed by atoms with van der Waals surface area (Å²) in [5.41, 5.74) is -0.354. The van der Waals surface area contributed by atoms with Gasteiger partial charge in [-0.3, -0.25) is 4.79 Å². The fraction of sp³-hybridized carbons (Fsp3) is 0.688. The zero-order chi connectivity index (χ0) is 16.9. The number of likely N-dealkylation sites (tertiary alicyclic amines) is 1. The lowest BCUT2D eigenvalue weighted by Gasteiger charge is -2.32. The van der Waals surface area contributed by atoms with E-state index in [0.717, 1.165) is 0 Å². The number of nitrogens with zero attached hydrogens (tertiary/aromatic N) is 3. The van der Waals surface area contributed by atoms with Crippen LogP contribution in [0.25, 0.3) is 0 Å². The molecule has 0 aromatic heterocycles. The molecule has 22 heavy (non-hydrogen) atoms. The molecule has 6 heteroatoms. The minimum Gasteiger partial charge on any atom is -0.444 e. The second kappa shape index (κ2) is 7.30. The third-order valence-corrected chi connectivity index (χ3v) is 3.29. The third-order valence-electron chi connectivity index (χ3n) is 3.29. The molecule has 0 N–H and O–H groups in total. The zero-order valence-electron chi connectivity index (χ0n) is 14.0. The highest BCUT2D eigenvalue weighted by Crippen LogP contribution is 2.22. The van der Waals surface area contributed by atoms with Crippen LogP contribution in [-0.2, 0) is 9.53 Å². The number of nitriles is 1. The molecule has 1 rings (SSSR count). The Labute approximate surface area is 132 Å². The minimum absolute atomic E-state index is 0.139. The quantitative estimate of drug-likeness (QED) is 0.590. The monoisotopic (exact) mass is 307 g/mol. The maximum Gasteiger partial charge on any atom is 0.410 e. The molecule has 0 unspecified atom stereocenters. The van der Waals surface area contributed by atoms with E-state index in [0.29, 0.717) is 25.9 Å². The fourth-order valence-electron chi connectivity index (χ4n) is 2.28. The Balaban J connectivity index is 2.60. The maximum atomic E-state index is 12.3. The number of carbonyl (C=O) groups is 2. The van der Waals surface area contributed by atoms with Crippen LogP contribution in [0, 0.1) is 17.2 Å². The summed E-state index contributed by atoms with van der Waals surface area (Å²) in [5, 5.41) is 9.09. The molecular weight excluding hydrogens is 282 g/mol. The van der Waals surface area contributed by atoms with Crippen molar-refractivity contribution in [2.24, 2.45) is 5.92 Å². The van der Waals surface area contributed by atoms with Gasteiger partial charge in [-0.05, 0) is 33.6 Å². The van der Waals surface area contributed by atoms with E-state index in [4.69, 9.17) is 10.00 Å². The first-order valence-electron chi connectivity index (χ1n) is 7.44. The number of carbonyl (C=O) groups excluding carboxylic acids is 2. The summed E-state index contributed by atoms with van der Waals surface area (Å²) in [4.78, 5) is 27.6. The maximum absolute atomic E-state index is 12.3. The number of amides is 1. The highest BCUT2D eigenvalue weighted by Gasteiger charge is 2.31. The van der Waals surface area contributed by atoms with Crippen LogP contribution >= 0.6 is 0 Å². The normalized spacial score (nSPS) is 16.9. The van der Waals surface area contributed by atoms with Gasteiger partial charge in [-0.25, -0.2) is 4.79 Å². The number of ether oxygens (including phenoxy) is 1. The summed E-state index contributed by atoms with van der Waals surface area (Å²) < 4.78 is 5.33. The van der Waals surface area contributed by atoms with Crippen molar-refractivity contribution < 1.29 is 14.3 Å². The van der Waals surface area contributed by atoms with Gasteiger partial charge in [0.25, 0.3) is 0 Å². The summed E-state index contributed by atoms with van der Waals surface area (Å²) in [6.07, 6.45) is 2.32. The molecule has 1 aliphatic heterocycles. The van der Waals surface area contributed by atoms with Crippen LogP contribution in [0.2, 0.25) is 0 Å². The second-order valence-electron chi connectivity index (χ2n) is 6.72. The number of hydrogen-bond acceptors (Lipinski definition) is 5. The van der Waals surface area contributed by atoms with Crippen molar-refractivity contribution in [3.8, 4) is 6.07 Å². The van der Waals surface area contributed by atoms with Crippen LogP contribution in [0.5, 0.6) is 0 Å². The Morgan fingerprint density at radius 2 is 1.82 bits per heavy atom. The van der Waals surface area contributed by atoms with E-state index in [2.05, 4.69) is 0 Å². The molecule has 0 aromatic carbocycles. The first kappa shape index (κ1) is 18.0. The highest BCUT2D eigenvalue weighted by molar-refractivity contribution is 6.00. The van der Waals surface area contributed by atoms with E-state index in [-0.39, 0.29) is 23.4 Å². The second-order valence-corrected chi connectivity index (χ2v) is 6.72. The van der Waals surface area contributed by atoms with Crippen LogP contribution in [0.4, 0.5) is 4.79 Å². The SMILES string of the molecule is CN(C)/C=C(\C#N)C(=O)C1CCN(C(=O)OC(C)(C)C)CC1. The van der Waals surface area contributed by atoms with Crippen LogP contribution < -0.4 is 0 Å². The molecule has 0 bridgehead atoms. The summed E-state index contributed by atoms with van der Waals surface area (Å²) >= 11 is 0. The van der Waals surface area contributed by atoms with Crippen molar-refractivity contribution in [3.63, 3.8) is 0 Å². The third kappa shape index (κ3) is 5.40. The molecule has 0 radical (unpaired) electrons. The van der Waals surface area contributed by atoms with Crippen LogP contribution in [0.1, 0.15) is 33.6 Å². The van der Waals surface area contributed by atoms with Crippen molar-refractivity contribution in [1.82, 2.24) is 9.80 Å². The summed E-state index contributed by atoms with van der Waals surface area (Å²) in [6, 6.07) is 1.96. The van der Waals surface area contributed by atoms with E-state index >= 15 is 0 Å². The Morgan fingerprint density at radius 3 is 2.23 bits per heavy atom. The predicted octanol–water partition coefficient (Wildman–Crippen LogP) is 2.17. The van der Waals surface area contributed by atoms with Crippen molar-refractivity contribution in [2.45, 2.75) is 39.2 Å². The lowest BCUT2D eigenvalue weighted by Crippen LogP contribution is -2.43. The molecule has 1 heterocycles. The number of Topliss-reactive ketones (excluding diaryl/α,β-unsaturated/α-hetero) is 1. The van der Waals surface area contributed by atoms with E-state index in [1.165, 1.54) is 0 Å². The largest absolute Gasteiger partial charge is 0.444 e. The molecule has 6 nitrogen and oxygen atoms in total. The molecular formula is C16H25N3O3. The molecule has 0 aromatic rings. The Hall–Kier alpha value is -2.03. The molecule has 1 saturated heterocycles. The number of hydrogen-bond donors (Lipinski definition) is 0. The first-order chi connectivity index (χ1) is 10.1. The van der Waals surface area contributed by atoms with Gasteiger partial charge in [0.1, 0.15) is 17.2 Å². The van der Waals surface area contributed by atoms with E-state index in [9.17, 15) is 9.59 Å². The van der Waals surface area contributed by atoms with Gasteiger partial charge >= 0.3 is 6.09 Å². The number of allylic oxidation sites excluding steroid dienone is 1. The van der Waals surface area contributed by atoms with Crippen molar-refractivity contribution in [2.75, 3.05) is 27.2 Å². The highest BCUT2D eigenvalue weighted by atomic mass is 16.6. The van der Waals surface area contributed by atoms with Gasteiger partial charge in [-0.2, -0.15) is 5.26 Å². The van der Waals surface area contributed by atoms with Crippen LogP contribution in [0.3, 0.4) is 0 Å². The molecule has 1 amide bonds. The number of piperidine rings is 1. The number of rotatable bonds is 3. The van der Waals surface area contributed by atoms with Crippen LogP contribution in [0.15, 0.2) is 11.8 Å². The predicted molar refractivity (Wildman–Crippen MR) is 82.9 cm³/mol. The smallest absolute Gasteiger partial charge is 0.410 e. The van der Waals surface area contributed by atoms with Gasteiger partial charge in [0.15, 0.2) is 5.78 Å². The van der Waals surface area contributed by atoms with Gasteiger partial charge < -0.3 is 14.5 Å². The topological polar surface area (TPSA) is 73.6 Å².